The lowest BCUT2D eigenvalue weighted by atomic mass is 9.80. The van der Waals surface area contributed by atoms with Gasteiger partial charge in [-0.25, -0.2) is 4.39 Å². The van der Waals surface area contributed by atoms with E-state index >= 15 is 0 Å². The highest BCUT2D eigenvalue weighted by atomic mass is 19.1. The predicted octanol–water partition coefficient (Wildman–Crippen LogP) is 2.31. The van der Waals surface area contributed by atoms with E-state index in [1.165, 1.54) is 6.07 Å². The SMILES string of the molecule is CCC(C)(CN)C(=O)Cc1ccccc1F. The Bertz CT molecular complexity index is 372. The average Bonchev–Trinajstić information content (AvgIpc) is 2.31. The highest BCUT2D eigenvalue weighted by Gasteiger charge is 2.29. The van der Waals surface area contributed by atoms with Crippen LogP contribution in [0, 0.1) is 11.2 Å². The summed E-state index contributed by atoms with van der Waals surface area (Å²) < 4.78 is 13.4. The Hall–Kier alpha value is -1.22. The number of halogens is 1. The topological polar surface area (TPSA) is 43.1 Å². The molecule has 0 bridgehead atoms. The normalized spacial score (nSPS) is 14.5. The van der Waals surface area contributed by atoms with Crippen molar-refractivity contribution in [3.05, 3.63) is 35.6 Å². The van der Waals surface area contributed by atoms with E-state index in [-0.39, 0.29) is 18.0 Å². The number of carbonyl (C=O) groups excluding carboxylic acids is 1. The van der Waals surface area contributed by atoms with Gasteiger partial charge in [-0.3, -0.25) is 4.79 Å². The van der Waals surface area contributed by atoms with Gasteiger partial charge in [-0.1, -0.05) is 32.0 Å². The summed E-state index contributed by atoms with van der Waals surface area (Å²) in [6, 6.07) is 6.36. The van der Waals surface area contributed by atoms with E-state index < -0.39 is 5.41 Å². The molecule has 1 aromatic carbocycles. The highest BCUT2D eigenvalue weighted by Crippen LogP contribution is 2.23. The average molecular weight is 223 g/mol. The number of hydrogen-bond acceptors (Lipinski definition) is 2. The van der Waals surface area contributed by atoms with Gasteiger partial charge in [-0.2, -0.15) is 0 Å². The largest absolute Gasteiger partial charge is 0.329 e. The van der Waals surface area contributed by atoms with E-state index in [0.717, 1.165) is 0 Å². The van der Waals surface area contributed by atoms with Gasteiger partial charge >= 0.3 is 0 Å². The first-order valence-corrected chi connectivity index (χ1v) is 5.50. The molecule has 1 unspecified atom stereocenters. The second kappa shape index (κ2) is 5.21. The molecule has 0 aliphatic heterocycles. The molecule has 1 rings (SSSR count). The zero-order valence-corrected chi connectivity index (χ0v) is 9.79. The van der Waals surface area contributed by atoms with Crippen molar-refractivity contribution in [2.24, 2.45) is 11.1 Å². The summed E-state index contributed by atoms with van der Waals surface area (Å²) in [5.41, 5.74) is 5.50. The lowest BCUT2D eigenvalue weighted by Crippen LogP contribution is -2.36. The molecule has 0 heterocycles. The summed E-state index contributed by atoms with van der Waals surface area (Å²) in [5, 5.41) is 0. The number of rotatable bonds is 5. The lowest BCUT2D eigenvalue weighted by molar-refractivity contribution is -0.127. The maximum absolute atomic E-state index is 13.4. The molecule has 0 aliphatic rings. The third-order valence-electron chi connectivity index (χ3n) is 3.21. The molecule has 0 fully saturated rings. The van der Waals surface area contributed by atoms with Gasteiger partial charge in [0.05, 0.1) is 0 Å². The number of ketones is 1. The summed E-state index contributed by atoms with van der Waals surface area (Å²) in [7, 11) is 0. The number of carbonyl (C=O) groups is 1. The molecule has 1 atom stereocenters. The van der Waals surface area contributed by atoms with Gasteiger partial charge in [-0.15, -0.1) is 0 Å². The second-order valence-electron chi connectivity index (χ2n) is 4.31. The van der Waals surface area contributed by atoms with Crippen LogP contribution in [-0.2, 0) is 11.2 Å². The number of nitrogens with two attached hydrogens (primary N) is 1. The Morgan fingerprint density at radius 2 is 2.06 bits per heavy atom. The van der Waals surface area contributed by atoms with Crippen molar-refractivity contribution in [1.82, 2.24) is 0 Å². The molecule has 2 N–H and O–H groups in total. The summed E-state index contributed by atoms with van der Waals surface area (Å²) in [4.78, 5) is 12.0. The van der Waals surface area contributed by atoms with E-state index in [0.29, 0.717) is 18.5 Å². The molecule has 0 radical (unpaired) electrons. The molecule has 1 aromatic rings. The minimum absolute atomic E-state index is 0.00241. The first-order chi connectivity index (χ1) is 7.53. The van der Waals surface area contributed by atoms with E-state index in [4.69, 9.17) is 5.73 Å². The van der Waals surface area contributed by atoms with Crippen LogP contribution < -0.4 is 5.73 Å². The third-order valence-corrected chi connectivity index (χ3v) is 3.21. The summed E-state index contributed by atoms with van der Waals surface area (Å²) in [5.74, 6) is -0.325. The molecular weight excluding hydrogens is 205 g/mol. The van der Waals surface area contributed by atoms with Gasteiger partial charge in [0.25, 0.3) is 0 Å². The number of benzene rings is 1. The minimum Gasteiger partial charge on any atom is -0.329 e. The molecule has 0 saturated heterocycles. The quantitative estimate of drug-likeness (QED) is 0.832. The summed E-state index contributed by atoms with van der Waals surface area (Å²) in [6.45, 7) is 4.05. The fourth-order valence-corrected chi connectivity index (χ4v) is 1.48. The van der Waals surface area contributed by atoms with Gasteiger partial charge in [0.2, 0.25) is 0 Å². The molecular formula is C13H18FNO. The maximum atomic E-state index is 13.4. The molecule has 0 aliphatic carbocycles. The monoisotopic (exact) mass is 223 g/mol. The molecule has 88 valence electrons. The number of hydrogen-bond donors (Lipinski definition) is 1. The minimum atomic E-state index is -0.539. The van der Waals surface area contributed by atoms with Crippen LogP contribution in [0.5, 0.6) is 0 Å². The first kappa shape index (κ1) is 12.8. The Morgan fingerprint density at radius 1 is 1.44 bits per heavy atom. The van der Waals surface area contributed by atoms with Crippen LogP contribution >= 0.6 is 0 Å². The zero-order chi connectivity index (χ0) is 12.2. The van der Waals surface area contributed by atoms with Crippen molar-refractivity contribution in [2.45, 2.75) is 26.7 Å². The highest BCUT2D eigenvalue weighted by molar-refractivity contribution is 5.86. The lowest BCUT2D eigenvalue weighted by Gasteiger charge is -2.24. The second-order valence-corrected chi connectivity index (χ2v) is 4.31. The van der Waals surface area contributed by atoms with Crippen LogP contribution in [0.3, 0.4) is 0 Å². The van der Waals surface area contributed by atoms with Crippen LogP contribution in [0.4, 0.5) is 4.39 Å². The smallest absolute Gasteiger partial charge is 0.144 e. The molecule has 16 heavy (non-hydrogen) atoms. The predicted molar refractivity (Wildman–Crippen MR) is 62.6 cm³/mol. The molecule has 0 amide bonds. The molecule has 3 heteroatoms. The van der Waals surface area contributed by atoms with Gasteiger partial charge < -0.3 is 5.73 Å². The Morgan fingerprint density at radius 3 is 2.56 bits per heavy atom. The van der Waals surface area contributed by atoms with Crippen molar-refractivity contribution in [3.8, 4) is 0 Å². The fourth-order valence-electron chi connectivity index (χ4n) is 1.48. The van der Waals surface area contributed by atoms with Gasteiger partial charge in [0.1, 0.15) is 11.6 Å². The Kier molecular flexibility index (Phi) is 4.19. The van der Waals surface area contributed by atoms with E-state index in [1.54, 1.807) is 18.2 Å². The standard InChI is InChI=1S/C13H18FNO/c1-3-13(2,9-15)12(16)8-10-6-4-5-7-11(10)14/h4-7H,3,8-9,15H2,1-2H3. The van der Waals surface area contributed by atoms with Crippen LogP contribution in [0.15, 0.2) is 24.3 Å². The molecule has 2 nitrogen and oxygen atoms in total. The Labute approximate surface area is 95.7 Å². The van der Waals surface area contributed by atoms with Crippen LogP contribution in [0.2, 0.25) is 0 Å². The van der Waals surface area contributed by atoms with Gasteiger partial charge in [0.15, 0.2) is 0 Å². The van der Waals surface area contributed by atoms with Crippen LogP contribution in [0.1, 0.15) is 25.8 Å². The Balaban J connectivity index is 2.83. The molecule has 0 saturated carbocycles. The first-order valence-electron chi connectivity index (χ1n) is 5.50. The van der Waals surface area contributed by atoms with Gasteiger partial charge in [-0.05, 0) is 18.1 Å². The summed E-state index contributed by atoms with van der Waals surface area (Å²) >= 11 is 0. The van der Waals surface area contributed by atoms with Crippen LogP contribution in [-0.4, -0.2) is 12.3 Å². The van der Waals surface area contributed by atoms with Crippen molar-refractivity contribution in [2.75, 3.05) is 6.54 Å². The molecule has 0 aromatic heterocycles. The van der Waals surface area contributed by atoms with Crippen molar-refractivity contribution >= 4 is 5.78 Å². The number of Topliss-reactive ketones (excluding diaryl/α,β-unsaturated/α-hetero) is 1. The van der Waals surface area contributed by atoms with E-state index in [1.807, 2.05) is 13.8 Å². The maximum Gasteiger partial charge on any atom is 0.144 e. The fraction of sp³-hybridized carbons (Fsp3) is 0.462. The van der Waals surface area contributed by atoms with Crippen LogP contribution in [0.25, 0.3) is 0 Å². The molecule has 0 spiro atoms. The zero-order valence-electron chi connectivity index (χ0n) is 9.79. The van der Waals surface area contributed by atoms with Crippen molar-refractivity contribution < 1.29 is 9.18 Å². The third kappa shape index (κ3) is 2.67. The van der Waals surface area contributed by atoms with Gasteiger partial charge in [0, 0.05) is 18.4 Å². The van der Waals surface area contributed by atoms with E-state index in [2.05, 4.69) is 0 Å². The summed E-state index contributed by atoms with van der Waals surface area (Å²) in [6.07, 6.45) is 0.797. The van der Waals surface area contributed by atoms with Crippen molar-refractivity contribution in [1.29, 1.82) is 0 Å². The van der Waals surface area contributed by atoms with E-state index in [9.17, 15) is 9.18 Å². The van der Waals surface area contributed by atoms with Crippen molar-refractivity contribution in [3.63, 3.8) is 0 Å².